The van der Waals surface area contributed by atoms with E-state index in [9.17, 15) is 9.59 Å². The second kappa shape index (κ2) is 6.16. The number of amides is 1. The van der Waals surface area contributed by atoms with E-state index in [0.29, 0.717) is 12.2 Å². The monoisotopic (exact) mass is 291 g/mol. The Kier molecular flexibility index (Phi) is 4.31. The summed E-state index contributed by atoms with van der Waals surface area (Å²) in [6.07, 6.45) is 5.65. The summed E-state index contributed by atoms with van der Waals surface area (Å²) in [7, 11) is 1.74. The highest BCUT2D eigenvalue weighted by atomic mass is 32.1. The third-order valence-corrected chi connectivity index (χ3v) is 3.58. The summed E-state index contributed by atoms with van der Waals surface area (Å²) in [6, 6.07) is 1.82. The molecule has 6 nitrogen and oxygen atoms in total. The Morgan fingerprint density at radius 2 is 2.35 bits per heavy atom. The second-order valence-electron chi connectivity index (χ2n) is 4.04. The van der Waals surface area contributed by atoms with Crippen molar-refractivity contribution in [2.24, 2.45) is 7.05 Å². The van der Waals surface area contributed by atoms with Crippen LogP contribution in [-0.2, 0) is 18.4 Å². The van der Waals surface area contributed by atoms with Crippen molar-refractivity contribution < 1.29 is 14.7 Å². The Morgan fingerprint density at radius 1 is 1.55 bits per heavy atom. The van der Waals surface area contributed by atoms with Gasteiger partial charge in [0.05, 0.1) is 19.1 Å². The molecule has 104 valence electrons. The van der Waals surface area contributed by atoms with Gasteiger partial charge in [-0.05, 0) is 23.1 Å². The molecule has 0 aliphatic heterocycles. The van der Waals surface area contributed by atoms with Crippen LogP contribution in [0.2, 0.25) is 0 Å². The van der Waals surface area contributed by atoms with E-state index in [-0.39, 0.29) is 5.91 Å². The average Bonchev–Trinajstić information content (AvgIpc) is 3.02. The minimum atomic E-state index is -0.999. The Bertz CT molecular complexity index is 657. The molecular formula is C13H13N3O3S. The Labute approximate surface area is 119 Å². The Hall–Kier alpha value is -2.41. The van der Waals surface area contributed by atoms with Crippen LogP contribution in [0.3, 0.4) is 0 Å². The van der Waals surface area contributed by atoms with Crippen LogP contribution in [0.15, 0.2) is 30.0 Å². The van der Waals surface area contributed by atoms with Gasteiger partial charge in [0.25, 0.3) is 5.91 Å². The van der Waals surface area contributed by atoms with Gasteiger partial charge in [-0.3, -0.25) is 4.79 Å². The van der Waals surface area contributed by atoms with Crippen molar-refractivity contribution in [3.8, 4) is 0 Å². The molecule has 2 aromatic rings. The molecule has 0 spiro atoms. The summed E-state index contributed by atoms with van der Waals surface area (Å²) in [4.78, 5) is 27.2. The maximum atomic E-state index is 11.9. The first-order chi connectivity index (χ1) is 9.58. The molecule has 0 radical (unpaired) electrons. The smallest absolute Gasteiger partial charge is 0.328 e. The van der Waals surface area contributed by atoms with Gasteiger partial charge in [-0.25, -0.2) is 9.78 Å². The van der Waals surface area contributed by atoms with E-state index in [1.54, 1.807) is 17.9 Å². The molecule has 2 N–H and O–H groups in total. The standard InChI is InChI=1S/C13H13N3O3S/c1-16-8-14-6-10(16)13(19)15-7-11-9(4-5-20-11)2-3-12(17)18/h2-6,8H,7H2,1H3,(H,15,19)(H,17,18)/b3-2+. The summed E-state index contributed by atoms with van der Waals surface area (Å²) in [5, 5.41) is 13.3. The number of nitrogens with zero attached hydrogens (tertiary/aromatic N) is 2. The topological polar surface area (TPSA) is 84.2 Å². The van der Waals surface area contributed by atoms with Crippen LogP contribution in [0, 0.1) is 0 Å². The number of aliphatic carboxylic acids is 1. The number of imidazole rings is 1. The predicted molar refractivity (Wildman–Crippen MR) is 75.4 cm³/mol. The van der Waals surface area contributed by atoms with Gasteiger partial charge < -0.3 is 15.0 Å². The minimum Gasteiger partial charge on any atom is -0.478 e. The van der Waals surface area contributed by atoms with Crippen molar-refractivity contribution >= 4 is 29.3 Å². The molecule has 0 aliphatic rings. The maximum absolute atomic E-state index is 11.9. The van der Waals surface area contributed by atoms with E-state index < -0.39 is 5.97 Å². The number of rotatable bonds is 5. The van der Waals surface area contributed by atoms with E-state index in [2.05, 4.69) is 10.3 Å². The lowest BCUT2D eigenvalue weighted by atomic mass is 10.2. The number of hydrogen-bond acceptors (Lipinski definition) is 4. The predicted octanol–water partition coefficient (Wildman–Crippen LogP) is 1.51. The van der Waals surface area contributed by atoms with E-state index >= 15 is 0 Å². The highest BCUT2D eigenvalue weighted by molar-refractivity contribution is 7.10. The van der Waals surface area contributed by atoms with Crippen LogP contribution in [-0.4, -0.2) is 26.5 Å². The lowest BCUT2D eigenvalue weighted by Crippen LogP contribution is -2.24. The largest absolute Gasteiger partial charge is 0.478 e. The lowest BCUT2D eigenvalue weighted by molar-refractivity contribution is -0.131. The van der Waals surface area contributed by atoms with Crippen molar-refractivity contribution in [3.05, 3.63) is 46.2 Å². The number of aromatic nitrogens is 2. The normalized spacial score (nSPS) is 10.8. The highest BCUT2D eigenvalue weighted by Crippen LogP contribution is 2.18. The summed E-state index contributed by atoms with van der Waals surface area (Å²) >= 11 is 1.46. The van der Waals surface area contributed by atoms with E-state index in [0.717, 1.165) is 16.5 Å². The fourth-order valence-corrected chi connectivity index (χ4v) is 2.44. The van der Waals surface area contributed by atoms with Crippen LogP contribution in [0.5, 0.6) is 0 Å². The van der Waals surface area contributed by atoms with Gasteiger partial charge in [0.15, 0.2) is 0 Å². The number of nitrogens with one attached hydrogen (secondary N) is 1. The summed E-state index contributed by atoms with van der Waals surface area (Å²) in [6.45, 7) is 0.348. The SMILES string of the molecule is Cn1cncc1C(=O)NCc1sccc1/C=C/C(=O)O. The summed E-state index contributed by atoms with van der Waals surface area (Å²) in [5.41, 5.74) is 1.27. The Balaban J connectivity index is 2.01. The molecule has 2 aromatic heterocycles. The first-order valence-corrected chi connectivity index (χ1v) is 6.68. The van der Waals surface area contributed by atoms with Crippen molar-refractivity contribution in [1.82, 2.24) is 14.9 Å². The molecule has 0 saturated carbocycles. The van der Waals surface area contributed by atoms with Crippen LogP contribution < -0.4 is 5.32 Å². The number of carbonyl (C=O) groups is 2. The van der Waals surface area contributed by atoms with Crippen LogP contribution >= 0.6 is 11.3 Å². The second-order valence-corrected chi connectivity index (χ2v) is 5.04. The van der Waals surface area contributed by atoms with Crippen molar-refractivity contribution in [3.63, 3.8) is 0 Å². The molecule has 0 aromatic carbocycles. The average molecular weight is 291 g/mol. The van der Waals surface area contributed by atoms with E-state index in [1.807, 2.05) is 11.4 Å². The zero-order valence-electron chi connectivity index (χ0n) is 10.7. The van der Waals surface area contributed by atoms with Crippen molar-refractivity contribution in [1.29, 1.82) is 0 Å². The van der Waals surface area contributed by atoms with E-state index in [4.69, 9.17) is 5.11 Å². The van der Waals surface area contributed by atoms with Gasteiger partial charge in [0.1, 0.15) is 5.69 Å². The number of thiophene rings is 1. The molecular weight excluding hydrogens is 278 g/mol. The fraction of sp³-hybridized carbons (Fsp3) is 0.154. The van der Waals surface area contributed by atoms with Gasteiger partial charge >= 0.3 is 5.97 Å². The van der Waals surface area contributed by atoms with Crippen LogP contribution in [0.4, 0.5) is 0 Å². The molecule has 2 rings (SSSR count). The van der Waals surface area contributed by atoms with Gasteiger partial charge in [-0.15, -0.1) is 11.3 Å². The number of aryl methyl sites for hydroxylation is 1. The lowest BCUT2D eigenvalue weighted by Gasteiger charge is -2.05. The summed E-state index contributed by atoms with van der Waals surface area (Å²) < 4.78 is 1.63. The number of carboxylic acids is 1. The molecule has 0 atom stereocenters. The Morgan fingerprint density at radius 3 is 3.00 bits per heavy atom. The van der Waals surface area contributed by atoms with Gasteiger partial charge in [0.2, 0.25) is 0 Å². The quantitative estimate of drug-likeness (QED) is 0.818. The maximum Gasteiger partial charge on any atom is 0.328 e. The number of carboxylic acid groups (broad SMARTS) is 1. The van der Waals surface area contributed by atoms with Crippen LogP contribution in [0.25, 0.3) is 6.08 Å². The fourth-order valence-electron chi connectivity index (χ4n) is 1.63. The van der Waals surface area contributed by atoms with Gasteiger partial charge in [-0.2, -0.15) is 0 Å². The number of carbonyl (C=O) groups excluding carboxylic acids is 1. The zero-order valence-corrected chi connectivity index (χ0v) is 11.6. The summed E-state index contributed by atoms with van der Waals surface area (Å²) in [5.74, 6) is -1.22. The first-order valence-electron chi connectivity index (χ1n) is 5.80. The first kappa shape index (κ1) is 14.0. The zero-order chi connectivity index (χ0) is 14.5. The third-order valence-electron chi connectivity index (χ3n) is 2.64. The van der Waals surface area contributed by atoms with Crippen molar-refractivity contribution in [2.45, 2.75) is 6.54 Å². The molecule has 0 unspecified atom stereocenters. The van der Waals surface area contributed by atoms with Crippen molar-refractivity contribution in [2.75, 3.05) is 0 Å². The highest BCUT2D eigenvalue weighted by Gasteiger charge is 2.10. The van der Waals surface area contributed by atoms with Gasteiger partial charge in [0, 0.05) is 18.0 Å². The van der Waals surface area contributed by atoms with Crippen LogP contribution in [0.1, 0.15) is 20.9 Å². The molecule has 20 heavy (non-hydrogen) atoms. The molecule has 0 fully saturated rings. The molecule has 2 heterocycles. The minimum absolute atomic E-state index is 0.216. The molecule has 0 bridgehead atoms. The van der Waals surface area contributed by atoms with E-state index in [1.165, 1.54) is 23.6 Å². The molecule has 1 amide bonds. The molecule has 0 aliphatic carbocycles. The third kappa shape index (κ3) is 3.33. The molecule has 0 saturated heterocycles. The van der Waals surface area contributed by atoms with Gasteiger partial charge in [-0.1, -0.05) is 0 Å². The molecule has 7 heteroatoms. The number of hydrogen-bond donors (Lipinski definition) is 2.